The van der Waals surface area contributed by atoms with Gasteiger partial charge < -0.3 is 5.32 Å². The lowest BCUT2D eigenvalue weighted by molar-refractivity contribution is 0.350. The highest BCUT2D eigenvalue weighted by molar-refractivity contribution is 5.15. The first kappa shape index (κ1) is 16.2. The Bertz CT molecular complexity index is 323. The van der Waals surface area contributed by atoms with Gasteiger partial charge in [0.15, 0.2) is 0 Å². The van der Waals surface area contributed by atoms with E-state index >= 15 is 0 Å². The summed E-state index contributed by atoms with van der Waals surface area (Å²) in [5, 5.41) is 3.67. The first-order valence-electron chi connectivity index (χ1n) is 7.80. The van der Waals surface area contributed by atoms with Crippen molar-refractivity contribution in [1.29, 1.82) is 0 Å². The Labute approximate surface area is 119 Å². The number of hydrogen-bond donors (Lipinski definition) is 1. The minimum atomic E-state index is 0.222. The zero-order valence-electron chi connectivity index (χ0n) is 13.2. The minimum Gasteiger partial charge on any atom is -0.312 e. The van der Waals surface area contributed by atoms with Gasteiger partial charge in [0.25, 0.3) is 0 Å². The van der Waals surface area contributed by atoms with Crippen LogP contribution in [0, 0.1) is 5.92 Å². The van der Waals surface area contributed by atoms with E-state index in [2.05, 4.69) is 63.3 Å². The number of hydrogen-bond acceptors (Lipinski definition) is 1. The van der Waals surface area contributed by atoms with Crippen molar-refractivity contribution in [3.05, 3.63) is 35.9 Å². The van der Waals surface area contributed by atoms with Crippen LogP contribution in [-0.2, 0) is 6.42 Å². The van der Waals surface area contributed by atoms with Crippen LogP contribution < -0.4 is 5.32 Å². The van der Waals surface area contributed by atoms with Gasteiger partial charge in [-0.05, 0) is 51.6 Å². The zero-order valence-corrected chi connectivity index (χ0v) is 13.2. The molecule has 0 bridgehead atoms. The smallest absolute Gasteiger partial charge is 0.00966 e. The van der Waals surface area contributed by atoms with E-state index in [1.165, 1.54) is 37.7 Å². The third-order valence-electron chi connectivity index (χ3n) is 3.50. The maximum atomic E-state index is 3.67. The van der Waals surface area contributed by atoms with Crippen LogP contribution in [0.4, 0.5) is 0 Å². The van der Waals surface area contributed by atoms with Crippen LogP contribution in [-0.4, -0.2) is 12.1 Å². The van der Waals surface area contributed by atoms with Crippen LogP contribution in [0.25, 0.3) is 0 Å². The monoisotopic (exact) mass is 261 g/mol. The molecule has 0 spiro atoms. The van der Waals surface area contributed by atoms with Gasteiger partial charge in [0.2, 0.25) is 0 Å². The molecule has 0 saturated heterocycles. The van der Waals surface area contributed by atoms with Crippen molar-refractivity contribution < 1.29 is 0 Å². The predicted octanol–water partition coefficient (Wildman–Crippen LogP) is 4.81. The van der Waals surface area contributed by atoms with Crippen molar-refractivity contribution >= 4 is 0 Å². The van der Waals surface area contributed by atoms with E-state index in [4.69, 9.17) is 0 Å². The van der Waals surface area contributed by atoms with E-state index in [-0.39, 0.29) is 5.54 Å². The quantitative estimate of drug-likeness (QED) is 0.662. The standard InChI is InChI=1S/C18H31N/c1-5-6-8-13-17(15-19-18(2,3)4)14-16-11-9-7-10-12-16/h7,9-12,17,19H,5-6,8,13-15H2,1-4H3. The summed E-state index contributed by atoms with van der Waals surface area (Å²) in [6.07, 6.45) is 6.57. The lowest BCUT2D eigenvalue weighted by Gasteiger charge is -2.25. The van der Waals surface area contributed by atoms with Crippen molar-refractivity contribution in [3.8, 4) is 0 Å². The Morgan fingerprint density at radius 2 is 1.74 bits per heavy atom. The third-order valence-corrected chi connectivity index (χ3v) is 3.50. The molecule has 0 aliphatic rings. The number of rotatable bonds is 8. The van der Waals surface area contributed by atoms with Gasteiger partial charge in [0.1, 0.15) is 0 Å². The molecule has 0 heterocycles. The molecule has 1 N–H and O–H groups in total. The molecule has 0 aliphatic heterocycles. The van der Waals surface area contributed by atoms with E-state index in [0.717, 1.165) is 12.5 Å². The normalized spacial score (nSPS) is 13.5. The SMILES string of the molecule is CCCCCC(CNC(C)(C)C)Cc1ccccc1. The second-order valence-corrected chi connectivity index (χ2v) is 6.68. The van der Waals surface area contributed by atoms with Gasteiger partial charge >= 0.3 is 0 Å². The highest BCUT2D eigenvalue weighted by Crippen LogP contribution is 2.16. The van der Waals surface area contributed by atoms with Gasteiger partial charge in [-0.15, -0.1) is 0 Å². The summed E-state index contributed by atoms with van der Waals surface area (Å²) in [7, 11) is 0. The summed E-state index contributed by atoms with van der Waals surface area (Å²) in [6, 6.07) is 10.9. The summed E-state index contributed by atoms with van der Waals surface area (Å²) < 4.78 is 0. The summed E-state index contributed by atoms with van der Waals surface area (Å²) in [6.45, 7) is 10.2. The van der Waals surface area contributed by atoms with Gasteiger partial charge in [-0.3, -0.25) is 0 Å². The molecule has 1 heteroatoms. The molecule has 19 heavy (non-hydrogen) atoms. The van der Waals surface area contributed by atoms with Crippen LogP contribution in [0.15, 0.2) is 30.3 Å². The van der Waals surface area contributed by atoms with Crippen molar-refractivity contribution in [2.45, 2.75) is 65.3 Å². The summed E-state index contributed by atoms with van der Waals surface area (Å²) in [5.74, 6) is 0.758. The lowest BCUT2D eigenvalue weighted by Crippen LogP contribution is -2.39. The van der Waals surface area contributed by atoms with E-state index in [9.17, 15) is 0 Å². The molecular formula is C18H31N. The van der Waals surface area contributed by atoms with Crippen molar-refractivity contribution in [3.63, 3.8) is 0 Å². The first-order chi connectivity index (χ1) is 9.01. The van der Waals surface area contributed by atoms with Crippen molar-refractivity contribution in [2.24, 2.45) is 5.92 Å². The number of unbranched alkanes of at least 4 members (excludes halogenated alkanes) is 2. The first-order valence-corrected chi connectivity index (χ1v) is 7.80. The van der Waals surface area contributed by atoms with Crippen LogP contribution in [0.1, 0.15) is 58.9 Å². The zero-order chi connectivity index (χ0) is 14.1. The molecule has 0 aliphatic carbocycles. The average Bonchev–Trinajstić information content (AvgIpc) is 2.36. The molecule has 0 fully saturated rings. The molecule has 0 aromatic heterocycles. The largest absolute Gasteiger partial charge is 0.312 e. The molecule has 1 rings (SSSR count). The highest BCUT2D eigenvalue weighted by Gasteiger charge is 2.14. The van der Waals surface area contributed by atoms with Crippen LogP contribution in [0.5, 0.6) is 0 Å². The Morgan fingerprint density at radius 3 is 2.32 bits per heavy atom. The van der Waals surface area contributed by atoms with Gasteiger partial charge in [-0.2, -0.15) is 0 Å². The van der Waals surface area contributed by atoms with E-state index in [1.54, 1.807) is 0 Å². The maximum Gasteiger partial charge on any atom is 0.00966 e. The van der Waals surface area contributed by atoms with Gasteiger partial charge in [-0.25, -0.2) is 0 Å². The molecule has 1 aromatic carbocycles. The molecular weight excluding hydrogens is 230 g/mol. The Hall–Kier alpha value is -0.820. The maximum absolute atomic E-state index is 3.67. The molecule has 1 nitrogen and oxygen atoms in total. The Balaban J connectivity index is 2.48. The highest BCUT2D eigenvalue weighted by atomic mass is 14.9. The molecule has 0 saturated carbocycles. The predicted molar refractivity (Wildman–Crippen MR) is 85.5 cm³/mol. The second-order valence-electron chi connectivity index (χ2n) is 6.68. The van der Waals surface area contributed by atoms with E-state index in [0.29, 0.717) is 0 Å². The molecule has 108 valence electrons. The molecule has 1 atom stereocenters. The van der Waals surface area contributed by atoms with Crippen molar-refractivity contribution in [2.75, 3.05) is 6.54 Å². The molecule has 0 radical (unpaired) electrons. The fourth-order valence-corrected chi connectivity index (χ4v) is 2.36. The fourth-order valence-electron chi connectivity index (χ4n) is 2.36. The number of benzene rings is 1. The Kier molecular flexibility index (Phi) is 7.15. The van der Waals surface area contributed by atoms with E-state index < -0.39 is 0 Å². The van der Waals surface area contributed by atoms with Crippen LogP contribution >= 0.6 is 0 Å². The van der Waals surface area contributed by atoms with Gasteiger partial charge in [0.05, 0.1) is 0 Å². The summed E-state index contributed by atoms with van der Waals surface area (Å²) in [4.78, 5) is 0. The second kappa shape index (κ2) is 8.37. The summed E-state index contributed by atoms with van der Waals surface area (Å²) in [5.41, 5.74) is 1.69. The van der Waals surface area contributed by atoms with Crippen LogP contribution in [0.3, 0.4) is 0 Å². The average molecular weight is 261 g/mol. The molecule has 0 amide bonds. The molecule has 1 aromatic rings. The minimum absolute atomic E-state index is 0.222. The van der Waals surface area contributed by atoms with Gasteiger partial charge in [-0.1, -0.05) is 56.5 Å². The topological polar surface area (TPSA) is 12.0 Å². The summed E-state index contributed by atoms with van der Waals surface area (Å²) >= 11 is 0. The Morgan fingerprint density at radius 1 is 1.05 bits per heavy atom. The molecule has 1 unspecified atom stereocenters. The number of nitrogens with one attached hydrogen (secondary N) is 1. The van der Waals surface area contributed by atoms with Gasteiger partial charge in [0, 0.05) is 5.54 Å². The van der Waals surface area contributed by atoms with Crippen molar-refractivity contribution in [1.82, 2.24) is 5.32 Å². The third kappa shape index (κ3) is 8.05. The van der Waals surface area contributed by atoms with E-state index in [1.807, 2.05) is 0 Å². The van der Waals surface area contributed by atoms with Crippen LogP contribution in [0.2, 0.25) is 0 Å². The lowest BCUT2D eigenvalue weighted by atomic mass is 9.92. The fraction of sp³-hybridized carbons (Fsp3) is 0.667.